The number of H-pyrrole nitrogens is 1. The number of methoxy groups -OCH3 is 1. The second-order valence-electron chi connectivity index (χ2n) is 12.8. The first-order chi connectivity index (χ1) is 20.5. The van der Waals surface area contributed by atoms with Crippen molar-refractivity contribution in [1.82, 2.24) is 14.8 Å². The second kappa shape index (κ2) is 8.60. The van der Waals surface area contributed by atoms with Crippen molar-refractivity contribution >= 4 is 11.6 Å². The Labute approximate surface area is 245 Å². The molecule has 4 atom stereocenters. The van der Waals surface area contributed by atoms with Crippen LogP contribution < -0.4 is 23.8 Å². The van der Waals surface area contributed by atoms with E-state index in [1.165, 1.54) is 16.7 Å². The Kier molecular flexibility index (Phi) is 5.06. The highest BCUT2D eigenvalue weighted by Gasteiger charge is 2.65. The number of hydrogen-bond donors (Lipinski definition) is 1. The molecular weight excluding hydrogens is 532 g/mol. The van der Waals surface area contributed by atoms with Crippen LogP contribution in [0.5, 0.6) is 23.0 Å². The molecule has 42 heavy (non-hydrogen) atoms. The average Bonchev–Trinajstić information content (AvgIpc) is 3.72. The van der Waals surface area contributed by atoms with Gasteiger partial charge < -0.3 is 38.6 Å². The van der Waals surface area contributed by atoms with Crippen LogP contribution in [-0.4, -0.2) is 80.4 Å². The maximum absolute atomic E-state index is 14.1. The highest BCUT2D eigenvalue weighted by molar-refractivity contribution is 5.95. The molecular formula is C33H36N4O5. The molecule has 1 N–H and O–H groups in total. The van der Waals surface area contributed by atoms with Crippen molar-refractivity contribution in [1.29, 1.82) is 0 Å². The molecule has 9 nitrogen and oxygen atoms in total. The van der Waals surface area contributed by atoms with Gasteiger partial charge in [0.15, 0.2) is 23.0 Å². The summed E-state index contributed by atoms with van der Waals surface area (Å²) in [6.07, 6.45) is 2.92. The van der Waals surface area contributed by atoms with Crippen LogP contribution in [0.4, 0.5) is 5.69 Å². The van der Waals surface area contributed by atoms with Crippen LogP contribution in [0.3, 0.4) is 0 Å². The van der Waals surface area contributed by atoms with Gasteiger partial charge in [0.05, 0.1) is 12.8 Å². The van der Waals surface area contributed by atoms with Crippen molar-refractivity contribution in [2.45, 2.75) is 43.7 Å². The van der Waals surface area contributed by atoms with Gasteiger partial charge >= 0.3 is 0 Å². The molecule has 3 aromatic rings. The van der Waals surface area contributed by atoms with E-state index in [9.17, 15) is 4.79 Å². The summed E-state index contributed by atoms with van der Waals surface area (Å²) in [5.74, 6) is 3.84. The minimum absolute atomic E-state index is 0.0848. The van der Waals surface area contributed by atoms with Gasteiger partial charge in [-0.05, 0) is 80.6 Å². The van der Waals surface area contributed by atoms with Gasteiger partial charge in [-0.15, -0.1) is 0 Å². The first-order valence-electron chi connectivity index (χ1n) is 15.2. The SMILES string of the molecule is COc1ccc2c3c1O[C@H]1c4[nH]c(C(=O)N5CCN(c6ccc7c(c6)OCO7)CC5)c(C)c4CC4[C@H](C2)N(C)CC[C@@]341. The van der Waals surface area contributed by atoms with Crippen LogP contribution in [0, 0.1) is 12.8 Å². The van der Waals surface area contributed by atoms with Crippen molar-refractivity contribution in [2.24, 2.45) is 5.92 Å². The van der Waals surface area contributed by atoms with E-state index >= 15 is 0 Å². The Balaban J connectivity index is 1.03. The smallest absolute Gasteiger partial charge is 0.270 e. The molecule has 2 fully saturated rings. The number of benzene rings is 2. The topological polar surface area (TPSA) is 79.5 Å². The number of carbonyl (C=O) groups is 1. The number of rotatable bonds is 3. The Bertz CT molecular complexity index is 1640. The molecule has 1 amide bonds. The number of aromatic amines is 1. The summed E-state index contributed by atoms with van der Waals surface area (Å²) in [4.78, 5) is 24.6. The van der Waals surface area contributed by atoms with E-state index in [1.54, 1.807) is 7.11 Å². The van der Waals surface area contributed by atoms with E-state index in [1.807, 2.05) is 17.0 Å². The largest absolute Gasteiger partial charge is 0.493 e. The molecule has 2 bridgehead atoms. The zero-order valence-corrected chi connectivity index (χ0v) is 24.4. The van der Waals surface area contributed by atoms with E-state index in [2.05, 4.69) is 47.0 Å². The molecule has 0 saturated carbocycles. The van der Waals surface area contributed by atoms with Crippen LogP contribution in [0.2, 0.25) is 0 Å². The normalized spacial score (nSPS) is 28.3. The summed E-state index contributed by atoms with van der Waals surface area (Å²) < 4.78 is 23.8. The Morgan fingerprint density at radius 3 is 2.71 bits per heavy atom. The lowest BCUT2D eigenvalue weighted by molar-refractivity contribution is -0.0256. The summed E-state index contributed by atoms with van der Waals surface area (Å²) in [6.45, 7) is 6.32. The Hall–Kier alpha value is -3.85. The molecule has 6 aliphatic rings. The third-order valence-corrected chi connectivity index (χ3v) is 11.2. The lowest BCUT2D eigenvalue weighted by atomic mass is 9.51. The van der Waals surface area contributed by atoms with Gasteiger partial charge in [0.1, 0.15) is 11.8 Å². The predicted molar refractivity (Wildman–Crippen MR) is 156 cm³/mol. The number of nitrogens with zero attached hydrogens (tertiary/aromatic N) is 3. The lowest BCUT2D eigenvalue weighted by Crippen LogP contribution is -2.62. The van der Waals surface area contributed by atoms with Gasteiger partial charge in [0.2, 0.25) is 6.79 Å². The molecule has 9 heteroatoms. The number of carbonyl (C=O) groups excluding carboxylic acids is 1. The van der Waals surface area contributed by atoms with Gasteiger partial charge in [-0.1, -0.05) is 6.07 Å². The third-order valence-electron chi connectivity index (χ3n) is 11.2. The highest BCUT2D eigenvalue weighted by Crippen LogP contribution is 2.67. The fourth-order valence-corrected chi connectivity index (χ4v) is 9.06. The molecule has 2 aliphatic carbocycles. The predicted octanol–water partition coefficient (Wildman–Crippen LogP) is 3.83. The number of amides is 1. The van der Waals surface area contributed by atoms with Crippen molar-refractivity contribution in [3.8, 4) is 23.0 Å². The number of aromatic nitrogens is 1. The first-order valence-corrected chi connectivity index (χ1v) is 15.2. The fraction of sp³-hybridized carbons (Fsp3) is 0.485. The molecule has 0 radical (unpaired) electrons. The molecule has 9 rings (SSSR count). The summed E-state index contributed by atoms with van der Waals surface area (Å²) in [5.41, 5.74) is 7.95. The maximum Gasteiger partial charge on any atom is 0.270 e. The van der Waals surface area contributed by atoms with Gasteiger partial charge in [0, 0.05) is 55.0 Å². The quantitative estimate of drug-likeness (QED) is 0.515. The number of piperazine rings is 1. The van der Waals surface area contributed by atoms with Crippen molar-refractivity contribution in [3.63, 3.8) is 0 Å². The van der Waals surface area contributed by atoms with E-state index < -0.39 is 0 Å². The third kappa shape index (κ3) is 3.09. The van der Waals surface area contributed by atoms with Gasteiger partial charge in [-0.25, -0.2) is 0 Å². The van der Waals surface area contributed by atoms with E-state index in [4.69, 9.17) is 18.9 Å². The Morgan fingerprint density at radius 2 is 1.88 bits per heavy atom. The molecule has 2 aromatic carbocycles. The first kappa shape index (κ1) is 24.7. The van der Waals surface area contributed by atoms with Crippen molar-refractivity contribution in [3.05, 3.63) is 64.0 Å². The lowest BCUT2D eigenvalue weighted by Gasteiger charge is -2.57. The number of anilines is 1. The molecule has 4 aliphatic heterocycles. The zero-order chi connectivity index (χ0) is 28.3. The van der Waals surface area contributed by atoms with E-state index in [0.717, 1.165) is 84.5 Å². The standard InChI is InChI=1S/C33H36N4O5/c1-18-21-16-22-23-14-19-4-6-25(39-3)30-27(19)33(22,8-9-35(23)2)31(42-30)29(21)34-28(18)32(38)37-12-10-36(11-13-37)20-5-7-24-26(15-20)41-17-40-24/h4-7,15,22-23,31,34H,8-14,16-17H2,1-3H3/t22?,23-,31-,33-/m0/s1. The van der Waals surface area contributed by atoms with Gasteiger partial charge in [0.25, 0.3) is 5.91 Å². The van der Waals surface area contributed by atoms with Gasteiger partial charge in [-0.3, -0.25) is 4.79 Å². The van der Waals surface area contributed by atoms with Crippen LogP contribution in [0.1, 0.15) is 51.0 Å². The number of piperidine rings is 1. The molecule has 2 saturated heterocycles. The zero-order valence-electron chi connectivity index (χ0n) is 24.4. The van der Waals surface area contributed by atoms with Crippen LogP contribution >= 0.6 is 0 Å². The molecule has 1 spiro atoms. The van der Waals surface area contributed by atoms with E-state index in [-0.39, 0.29) is 24.2 Å². The van der Waals surface area contributed by atoms with Crippen LogP contribution in [0.25, 0.3) is 0 Å². The number of ether oxygens (including phenoxy) is 4. The average molecular weight is 569 g/mol. The minimum atomic E-state index is -0.129. The number of likely N-dealkylation sites (N-methyl/N-ethyl adjacent to an activating group) is 1. The van der Waals surface area contributed by atoms with E-state index in [0.29, 0.717) is 25.0 Å². The molecule has 1 aromatic heterocycles. The Morgan fingerprint density at radius 1 is 1.05 bits per heavy atom. The number of fused-ring (bicyclic) bond motifs is 3. The van der Waals surface area contributed by atoms with Crippen molar-refractivity contribution < 1.29 is 23.7 Å². The monoisotopic (exact) mass is 568 g/mol. The highest BCUT2D eigenvalue weighted by atomic mass is 16.7. The summed E-state index contributed by atoms with van der Waals surface area (Å²) >= 11 is 0. The number of nitrogens with one attached hydrogen (secondary N) is 1. The molecule has 218 valence electrons. The van der Waals surface area contributed by atoms with Crippen LogP contribution in [0.15, 0.2) is 30.3 Å². The maximum atomic E-state index is 14.1. The van der Waals surface area contributed by atoms with Crippen LogP contribution in [-0.2, 0) is 18.3 Å². The molecule has 5 heterocycles. The summed E-state index contributed by atoms with van der Waals surface area (Å²) in [6, 6.07) is 10.9. The number of likely N-dealkylation sites (tertiary alicyclic amines) is 1. The summed E-state index contributed by atoms with van der Waals surface area (Å²) in [5, 5.41) is 0. The summed E-state index contributed by atoms with van der Waals surface area (Å²) in [7, 11) is 4.00. The number of hydrogen-bond acceptors (Lipinski definition) is 7. The fourth-order valence-electron chi connectivity index (χ4n) is 9.06. The van der Waals surface area contributed by atoms with Crippen molar-refractivity contribution in [2.75, 3.05) is 58.6 Å². The van der Waals surface area contributed by atoms with Gasteiger partial charge in [-0.2, -0.15) is 0 Å². The second-order valence-corrected chi connectivity index (χ2v) is 12.8. The minimum Gasteiger partial charge on any atom is -0.493 e. The molecule has 1 unspecified atom stereocenters.